The van der Waals surface area contributed by atoms with Gasteiger partial charge in [0.15, 0.2) is 0 Å². The minimum Gasteiger partial charge on any atom is -0.468 e. The second-order valence-electron chi connectivity index (χ2n) is 6.14. The lowest BCUT2D eigenvalue weighted by atomic mass is 10.0. The summed E-state index contributed by atoms with van der Waals surface area (Å²) in [6, 6.07) is 1.41. The molecule has 4 nitrogen and oxygen atoms in total. The Hall–Kier alpha value is -0.610. The lowest BCUT2D eigenvalue weighted by molar-refractivity contribution is -0.148. The minimum absolute atomic E-state index is 0.0158. The molecular formula is C14H24N2O2. The molecule has 3 fully saturated rings. The highest BCUT2D eigenvalue weighted by Crippen LogP contribution is 2.38. The average Bonchev–Trinajstić information content (AvgIpc) is 3.12. The second-order valence-corrected chi connectivity index (χ2v) is 6.14. The molecule has 0 aromatic rings. The van der Waals surface area contributed by atoms with Crippen molar-refractivity contribution in [3.8, 4) is 0 Å². The summed E-state index contributed by atoms with van der Waals surface area (Å²) < 4.78 is 5.02. The van der Waals surface area contributed by atoms with E-state index in [-0.39, 0.29) is 12.0 Å². The smallest absolute Gasteiger partial charge is 0.323 e. The molecule has 2 saturated heterocycles. The van der Waals surface area contributed by atoms with Crippen molar-refractivity contribution in [3.63, 3.8) is 0 Å². The number of carbonyl (C=O) groups excluding carboxylic acids is 1. The van der Waals surface area contributed by atoms with Crippen molar-refractivity contribution in [1.82, 2.24) is 9.80 Å². The first-order valence-corrected chi connectivity index (χ1v) is 7.24. The summed E-state index contributed by atoms with van der Waals surface area (Å²) in [4.78, 5) is 17.0. The number of carbonyl (C=O) groups is 1. The van der Waals surface area contributed by atoms with Crippen molar-refractivity contribution < 1.29 is 9.53 Å². The summed E-state index contributed by atoms with van der Waals surface area (Å²) in [5, 5.41) is 0. The number of ether oxygens (including phenoxy) is 1. The van der Waals surface area contributed by atoms with Crippen molar-refractivity contribution in [1.29, 1.82) is 0 Å². The number of rotatable bonds is 3. The van der Waals surface area contributed by atoms with Crippen molar-refractivity contribution in [2.45, 2.75) is 50.2 Å². The van der Waals surface area contributed by atoms with Gasteiger partial charge in [-0.3, -0.25) is 14.6 Å². The zero-order chi connectivity index (χ0) is 12.7. The number of hydrogen-bond donors (Lipinski definition) is 0. The van der Waals surface area contributed by atoms with Gasteiger partial charge < -0.3 is 4.74 Å². The maximum Gasteiger partial charge on any atom is 0.323 e. The molecule has 18 heavy (non-hydrogen) atoms. The summed E-state index contributed by atoms with van der Waals surface area (Å²) >= 11 is 0. The summed E-state index contributed by atoms with van der Waals surface area (Å²) in [5.41, 5.74) is 0. The lowest BCUT2D eigenvalue weighted by Gasteiger charge is -2.31. The van der Waals surface area contributed by atoms with E-state index in [0.717, 1.165) is 19.1 Å². The minimum atomic E-state index is -0.0158. The highest BCUT2D eigenvalue weighted by Gasteiger charge is 2.44. The fraction of sp³-hybridized carbons (Fsp3) is 0.929. The molecule has 2 bridgehead atoms. The molecule has 3 unspecified atom stereocenters. The molecule has 0 aromatic heterocycles. The number of nitrogens with zero attached hydrogens (tertiary/aromatic N) is 2. The van der Waals surface area contributed by atoms with E-state index in [1.807, 2.05) is 0 Å². The van der Waals surface area contributed by atoms with E-state index in [4.69, 9.17) is 4.74 Å². The topological polar surface area (TPSA) is 32.8 Å². The highest BCUT2D eigenvalue weighted by molar-refractivity contribution is 5.76. The van der Waals surface area contributed by atoms with Crippen LogP contribution in [0.25, 0.3) is 0 Å². The van der Waals surface area contributed by atoms with Gasteiger partial charge in [-0.1, -0.05) is 0 Å². The first-order valence-electron chi connectivity index (χ1n) is 7.24. The Morgan fingerprint density at radius 1 is 1.17 bits per heavy atom. The number of methoxy groups -OCH3 is 1. The van der Waals surface area contributed by atoms with E-state index in [9.17, 15) is 4.79 Å². The van der Waals surface area contributed by atoms with E-state index < -0.39 is 0 Å². The summed E-state index contributed by atoms with van der Waals surface area (Å²) in [6.07, 6.45) is 6.21. The maximum absolute atomic E-state index is 12.0. The molecule has 4 heteroatoms. The number of hydrogen-bond acceptors (Lipinski definition) is 4. The largest absolute Gasteiger partial charge is 0.468 e. The number of likely N-dealkylation sites (tertiary alicyclic amines) is 1. The molecule has 0 radical (unpaired) electrons. The average molecular weight is 252 g/mol. The van der Waals surface area contributed by atoms with Crippen LogP contribution in [0.3, 0.4) is 0 Å². The summed E-state index contributed by atoms with van der Waals surface area (Å²) in [7, 11) is 3.77. The fourth-order valence-corrected chi connectivity index (χ4v) is 3.76. The Balaban J connectivity index is 1.73. The predicted octanol–water partition coefficient (Wildman–Crippen LogP) is 1.11. The Morgan fingerprint density at radius 2 is 1.89 bits per heavy atom. The van der Waals surface area contributed by atoms with Gasteiger partial charge in [0, 0.05) is 25.2 Å². The van der Waals surface area contributed by atoms with E-state index >= 15 is 0 Å². The van der Waals surface area contributed by atoms with Gasteiger partial charge in [-0.05, 0) is 45.1 Å². The van der Waals surface area contributed by atoms with Crippen molar-refractivity contribution >= 4 is 5.97 Å². The van der Waals surface area contributed by atoms with Gasteiger partial charge in [-0.15, -0.1) is 0 Å². The van der Waals surface area contributed by atoms with Gasteiger partial charge in [0.05, 0.1) is 7.11 Å². The van der Waals surface area contributed by atoms with E-state index in [1.54, 1.807) is 0 Å². The highest BCUT2D eigenvalue weighted by atomic mass is 16.5. The first kappa shape index (κ1) is 12.4. The Bertz CT molecular complexity index is 330. The molecule has 1 aliphatic carbocycles. The van der Waals surface area contributed by atoms with E-state index in [0.29, 0.717) is 12.0 Å². The summed E-state index contributed by atoms with van der Waals surface area (Å²) in [6.45, 7) is 2.10. The summed E-state index contributed by atoms with van der Waals surface area (Å²) in [5.74, 6) is 0.539. The van der Waals surface area contributed by atoms with E-state index in [1.165, 1.54) is 39.2 Å². The Morgan fingerprint density at radius 3 is 2.56 bits per heavy atom. The van der Waals surface area contributed by atoms with Crippen LogP contribution in [0.1, 0.15) is 32.1 Å². The molecule has 3 aliphatic rings. The Kier molecular flexibility index (Phi) is 3.32. The molecule has 0 aromatic carbocycles. The number of likely N-dealkylation sites (N-methyl/N-ethyl adjacent to an activating group) is 1. The predicted molar refractivity (Wildman–Crippen MR) is 69.3 cm³/mol. The van der Waals surface area contributed by atoms with Crippen molar-refractivity contribution in [2.75, 3.05) is 27.2 Å². The molecule has 0 amide bonds. The van der Waals surface area contributed by atoms with Crippen LogP contribution in [-0.2, 0) is 9.53 Å². The number of fused-ring (bicyclic) bond motifs is 2. The molecule has 0 N–H and O–H groups in total. The molecule has 3 atom stereocenters. The molecular weight excluding hydrogens is 228 g/mol. The van der Waals surface area contributed by atoms with Gasteiger partial charge in [0.25, 0.3) is 0 Å². The SMILES string of the molecule is COC(=O)C(C1CC1)N1CCC2CCC(C1)N2C. The van der Waals surface area contributed by atoms with Crippen LogP contribution in [-0.4, -0.2) is 61.1 Å². The quantitative estimate of drug-likeness (QED) is 0.704. The zero-order valence-corrected chi connectivity index (χ0v) is 11.5. The van der Waals surface area contributed by atoms with Crippen LogP contribution < -0.4 is 0 Å². The second kappa shape index (κ2) is 4.82. The van der Waals surface area contributed by atoms with Crippen molar-refractivity contribution in [3.05, 3.63) is 0 Å². The van der Waals surface area contributed by atoms with Crippen LogP contribution in [0.2, 0.25) is 0 Å². The van der Waals surface area contributed by atoms with E-state index in [2.05, 4.69) is 16.8 Å². The Labute approximate surface area is 109 Å². The maximum atomic E-state index is 12.0. The van der Waals surface area contributed by atoms with Crippen LogP contribution >= 0.6 is 0 Å². The molecule has 102 valence electrons. The monoisotopic (exact) mass is 252 g/mol. The van der Waals surface area contributed by atoms with Gasteiger partial charge >= 0.3 is 5.97 Å². The van der Waals surface area contributed by atoms with Gasteiger partial charge in [-0.2, -0.15) is 0 Å². The molecule has 2 aliphatic heterocycles. The fourth-order valence-electron chi connectivity index (χ4n) is 3.76. The number of esters is 1. The third-order valence-electron chi connectivity index (χ3n) is 5.08. The normalized spacial score (nSPS) is 35.2. The van der Waals surface area contributed by atoms with Crippen LogP contribution in [0, 0.1) is 5.92 Å². The van der Waals surface area contributed by atoms with Crippen LogP contribution in [0.5, 0.6) is 0 Å². The molecule has 1 saturated carbocycles. The zero-order valence-electron chi connectivity index (χ0n) is 11.5. The first-order chi connectivity index (χ1) is 8.70. The molecule has 0 spiro atoms. The van der Waals surface area contributed by atoms with Gasteiger partial charge in [0.1, 0.15) is 6.04 Å². The molecule has 2 heterocycles. The van der Waals surface area contributed by atoms with Gasteiger partial charge in [0.2, 0.25) is 0 Å². The lowest BCUT2D eigenvalue weighted by Crippen LogP contribution is -2.47. The van der Waals surface area contributed by atoms with Crippen LogP contribution in [0.4, 0.5) is 0 Å². The van der Waals surface area contributed by atoms with Crippen LogP contribution in [0.15, 0.2) is 0 Å². The van der Waals surface area contributed by atoms with Crippen molar-refractivity contribution in [2.24, 2.45) is 5.92 Å². The third kappa shape index (κ3) is 2.16. The van der Waals surface area contributed by atoms with Gasteiger partial charge in [-0.25, -0.2) is 0 Å². The third-order valence-corrected chi connectivity index (χ3v) is 5.08. The standard InChI is InChI=1S/C14H24N2O2/c1-15-11-5-6-12(15)9-16(8-7-11)13(10-3-4-10)14(17)18-2/h10-13H,3-9H2,1-2H3. The molecule has 3 rings (SSSR count).